The smallest absolute Gasteiger partial charge is 0.266 e. The van der Waals surface area contributed by atoms with Gasteiger partial charge in [0.25, 0.3) is 5.91 Å². The second kappa shape index (κ2) is 7.79. The van der Waals surface area contributed by atoms with Crippen LogP contribution in [0.4, 0.5) is 17.6 Å². The van der Waals surface area contributed by atoms with E-state index in [1.807, 2.05) is 21.3 Å². The number of nitrogens with two attached hydrogens (primary N) is 2. The molecule has 4 N–H and O–H groups in total. The minimum absolute atomic E-state index is 0.0557. The fraction of sp³-hybridized carbons (Fsp3) is 0.385. The van der Waals surface area contributed by atoms with E-state index in [2.05, 4.69) is 39.2 Å². The van der Waals surface area contributed by atoms with E-state index in [1.165, 1.54) is 11.1 Å². The number of fused-ring (bicyclic) bond motifs is 3. The van der Waals surface area contributed by atoms with Gasteiger partial charge in [0.15, 0.2) is 5.65 Å². The first-order chi connectivity index (χ1) is 17.6. The molecular formula is C26H29N9O. The Morgan fingerprint density at radius 1 is 1.06 bits per heavy atom. The molecule has 184 valence electrons. The topological polar surface area (TPSA) is 124 Å². The first-order valence-corrected chi connectivity index (χ1v) is 12.6. The van der Waals surface area contributed by atoms with Crippen LogP contribution in [0.2, 0.25) is 0 Å². The molecule has 5 heterocycles. The molecule has 7 rings (SSSR count). The molecule has 1 atom stereocenters. The molecule has 1 saturated heterocycles. The third-order valence-corrected chi connectivity index (χ3v) is 8.37. The fourth-order valence-electron chi connectivity index (χ4n) is 6.43. The highest BCUT2D eigenvalue weighted by molar-refractivity contribution is 6.12. The van der Waals surface area contributed by atoms with Crippen molar-refractivity contribution >= 4 is 29.1 Å². The molecule has 0 saturated carbocycles. The minimum Gasteiger partial charge on any atom is -0.383 e. The van der Waals surface area contributed by atoms with Gasteiger partial charge in [-0.3, -0.25) is 14.1 Å². The Labute approximate surface area is 208 Å². The normalized spacial score (nSPS) is 20.6. The summed E-state index contributed by atoms with van der Waals surface area (Å²) in [5, 5.41) is 4.32. The van der Waals surface area contributed by atoms with E-state index >= 15 is 0 Å². The number of piperidine rings is 1. The Balaban J connectivity index is 1.19. The maximum atomic E-state index is 13.7. The maximum Gasteiger partial charge on any atom is 0.266 e. The molecule has 1 aromatic carbocycles. The molecule has 3 aromatic heterocycles. The zero-order valence-electron chi connectivity index (χ0n) is 20.0. The Hall–Kier alpha value is -3.92. The van der Waals surface area contributed by atoms with Crippen molar-refractivity contribution in [1.29, 1.82) is 0 Å². The minimum atomic E-state index is -0.198. The Morgan fingerprint density at radius 2 is 1.89 bits per heavy atom. The van der Waals surface area contributed by atoms with Gasteiger partial charge in [0.2, 0.25) is 5.95 Å². The summed E-state index contributed by atoms with van der Waals surface area (Å²) in [6.07, 6.45) is 9.07. The quantitative estimate of drug-likeness (QED) is 0.449. The molecule has 1 amide bonds. The van der Waals surface area contributed by atoms with Crippen LogP contribution in [0.1, 0.15) is 46.8 Å². The van der Waals surface area contributed by atoms with Gasteiger partial charge in [-0.2, -0.15) is 10.1 Å². The summed E-state index contributed by atoms with van der Waals surface area (Å²) in [7, 11) is 0. The summed E-state index contributed by atoms with van der Waals surface area (Å²) in [6.45, 7) is 3.04. The molecule has 1 fully saturated rings. The highest BCUT2D eigenvalue weighted by Gasteiger charge is 2.46. The number of nitrogens with zero attached hydrogens (tertiary/aromatic N) is 7. The lowest BCUT2D eigenvalue weighted by Crippen LogP contribution is -2.45. The van der Waals surface area contributed by atoms with Gasteiger partial charge < -0.3 is 16.4 Å². The Morgan fingerprint density at radius 3 is 2.72 bits per heavy atom. The molecule has 0 radical (unpaired) electrons. The number of imidazole rings is 1. The molecule has 1 aliphatic carbocycles. The van der Waals surface area contributed by atoms with Gasteiger partial charge >= 0.3 is 0 Å². The van der Waals surface area contributed by atoms with E-state index in [9.17, 15) is 4.79 Å². The van der Waals surface area contributed by atoms with E-state index < -0.39 is 0 Å². The van der Waals surface area contributed by atoms with E-state index in [1.54, 1.807) is 17.3 Å². The van der Waals surface area contributed by atoms with Crippen molar-refractivity contribution in [2.45, 2.75) is 38.3 Å². The lowest BCUT2D eigenvalue weighted by atomic mass is 9.73. The molecule has 0 unspecified atom stereocenters. The molecule has 10 heteroatoms. The number of aryl methyl sites for hydroxylation is 1. The first-order valence-electron chi connectivity index (χ1n) is 12.6. The number of amides is 1. The average molecular weight is 484 g/mol. The van der Waals surface area contributed by atoms with Crippen LogP contribution in [-0.4, -0.2) is 49.7 Å². The summed E-state index contributed by atoms with van der Waals surface area (Å²) < 4.78 is 3.74. The van der Waals surface area contributed by atoms with Crippen molar-refractivity contribution in [3.8, 4) is 0 Å². The molecule has 1 spiro atoms. The van der Waals surface area contributed by atoms with Gasteiger partial charge in [-0.1, -0.05) is 24.3 Å². The predicted octanol–water partition coefficient (Wildman–Crippen LogP) is 2.40. The van der Waals surface area contributed by atoms with Crippen LogP contribution in [-0.2, 0) is 13.0 Å². The molecule has 10 nitrogen and oxygen atoms in total. The maximum absolute atomic E-state index is 13.7. The third kappa shape index (κ3) is 3.00. The number of nitrogen functional groups attached to an aromatic ring is 1. The SMILES string of the molecule is Nc1nc(N2CCC3(CC2)Cc2ccccc2[C@H]3N)n2ccnc2c1C(=O)N1CCCn2nccc21. The lowest BCUT2D eigenvalue weighted by molar-refractivity contribution is 0.0983. The van der Waals surface area contributed by atoms with Gasteiger partial charge in [-0.15, -0.1) is 0 Å². The van der Waals surface area contributed by atoms with Gasteiger partial charge in [-0.05, 0) is 42.2 Å². The number of hydrogen-bond donors (Lipinski definition) is 2. The van der Waals surface area contributed by atoms with Crippen molar-refractivity contribution in [3.63, 3.8) is 0 Å². The summed E-state index contributed by atoms with van der Waals surface area (Å²) in [4.78, 5) is 26.9. The molecule has 4 aromatic rings. The summed E-state index contributed by atoms with van der Waals surface area (Å²) in [5.74, 6) is 1.50. The number of anilines is 3. The van der Waals surface area contributed by atoms with Crippen LogP contribution < -0.4 is 21.3 Å². The van der Waals surface area contributed by atoms with Crippen molar-refractivity contribution in [2.24, 2.45) is 11.1 Å². The number of carbonyl (C=O) groups is 1. The molecule has 0 bridgehead atoms. The van der Waals surface area contributed by atoms with Crippen molar-refractivity contribution < 1.29 is 4.79 Å². The highest BCUT2D eigenvalue weighted by Crippen LogP contribution is 2.51. The van der Waals surface area contributed by atoms with Gasteiger partial charge in [0.1, 0.15) is 17.2 Å². The van der Waals surface area contributed by atoms with Crippen LogP contribution in [0.25, 0.3) is 5.65 Å². The van der Waals surface area contributed by atoms with E-state index in [0.29, 0.717) is 17.8 Å². The van der Waals surface area contributed by atoms with Crippen LogP contribution in [0.3, 0.4) is 0 Å². The van der Waals surface area contributed by atoms with E-state index in [-0.39, 0.29) is 23.2 Å². The number of benzene rings is 1. The lowest BCUT2D eigenvalue weighted by Gasteiger charge is -2.42. The number of rotatable bonds is 2. The zero-order chi connectivity index (χ0) is 24.4. The van der Waals surface area contributed by atoms with Crippen LogP contribution in [0, 0.1) is 5.41 Å². The first kappa shape index (κ1) is 21.4. The van der Waals surface area contributed by atoms with E-state index in [4.69, 9.17) is 16.5 Å². The number of carbonyl (C=O) groups excluding carboxylic acids is 1. The molecule has 3 aliphatic rings. The molecular weight excluding hydrogens is 454 g/mol. The largest absolute Gasteiger partial charge is 0.383 e. The summed E-state index contributed by atoms with van der Waals surface area (Å²) in [5.41, 5.74) is 16.8. The van der Waals surface area contributed by atoms with Crippen molar-refractivity contribution in [2.75, 3.05) is 35.2 Å². The highest BCUT2D eigenvalue weighted by atomic mass is 16.2. The number of aromatic nitrogens is 5. The predicted molar refractivity (Wildman–Crippen MR) is 137 cm³/mol. The van der Waals surface area contributed by atoms with Gasteiger partial charge in [0.05, 0.1) is 6.20 Å². The second-order valence-electron chi connectivity index (χ2n) is 10.2. The third-order valence-electron chi connectivity index (χ3n) is 8.37. The zero-order valence-corrected chi connectivity index (χ0v) is 20.0. The Bertz CT molecular complexity index is 1480. The van der Waals surface area contributed by atoms with Crippen LogP contribution in [0.5, 0.6) is 0 Å². The number of hydrogen-bond acceptors (Lipinski definition) is 7. The average Bonchev–Trinajstić information content (AvgIpc) is 3.63. The van der Waals surface area contributed by atoms with Crippen LogP contribution in [0.15, 0.2) is 48.9 Å². The fourth-order valence-corrected chi connectivity index (χ4v) is 6.43. The standard InChI is InChI=1S/C26H29N9O/c27-21-18-5-2-1-4-17(18)16-26(21)7-13-32(14-8-26)25-31-22(28)20(23-29-10-15-34(23)25)24(36)33-11-3-12-35-19(33)6-9-30-35/h1-2,4-6,9-10,15,21H,3,7-8,11-14,16,27-28H2/t21-/m1/s1. The van der Waals surface area contributed by atoms with Crippen LogP contribution >= 0.6 is 0 Å². The van der Waals surface area contributed by atoms with Crippen molar-refractivity contribution in [1.82, 2.24) is 24.1 Å². The molecule has 2 aliphatic heterocycles. The van der Waals surface area contributed by atoms with Gasteiger partial charge in [-0.25, -0.2) is 9.67 Å². The van der Waals surface area contributed by atoms with E-state index in [0.717, 1.165) is 57.1 Å². The second-order valence-corrected chi connectivity index (χ2v) is 10.2. The Kier molecular flexibility index (Phi) is 4.62. The molecule has 36 heavy (non-hydrogen) atoms. The summed E-state index contributed by atoms with van der Waals surface area (Å²) in [6, 6.07) is 10.5. The van der Waals surface area contributed by atoms with Gasteiger partial charge in [0, 0.05) is 50.7 Å². The summed E-state index contributed by atoms with van der Waals surface area (Å²) >= 11 is 0. The van der Waals surface area contributed by atoms with Crippen molar-refractivity contribution in [3.05, 3.63) is 65.6 Å². The monoisotopic (exact) mass is 483 g/mol.